The first-order valence-electron chi connectivity index (χ1n) is 6.10. The zero-order valence-corrected chi connectivity index (χ0v) is 12.9. The van der Waals surface area contributed by atoms with E-state index in [2.05, 4.69) is 15.0 Å². The van der Waals surface area contributed by atoms with E-state index < -0.39 is 18.6 Å². The molecule has 0 aliphatic heterocycles. The van der Waals surface area contributed by atoms with Crippen LogP contribution in [0.15, 0.2) is 22.9 Å². The SMILES string of the molecule is COC(=O)C(CO)NC(=O)Cc1csc(-c2cccs2)n1. The maximum Gasteiger partial charge on any atom is 0.330 e. The van der Waals surface area contributed by atoms with Crippen molar-refractivity contribution in [1.82, 2.24) is 10.3 Å². The van der Waals surface area contributed by atoms with Crippen LogP contribution in [0.5, 0.6) is 0 Å². The molecular formula is C13H14N2O4S2. The van der Waals surface area contributed by atoms with E-state index in [1.807, 2.05) is 17.5 Å². The van der Waals surface area contributed by atoms with E-state index in [9.17, 15) is 9.59 Å². The average molecular weight is 326 g/mol. The average Bonchev–Trinajstić information content (AvgIpc) is 3.14. The fraction of sp³-hybridized carbons (Fsp3) is 0.308. The van der Waals surface area contributed by atoms with Crippen LogP contribution < -0.4 is 5.32 Å². The van der Waals surface area contributed by atoms with Gasteiger partial charge in [0, 0.05) is 5.38 Å². The smallest absolute Gasteiger partial charge is 0.330 e. The number of nitrogens with one attached hydrogen (secondary N) is 1. The highest BCUT2D eigenvalue weighted by molar-refractivity contribution is 7.20. The summed E-state index contributed by atoms with van der Waals surface area (Å²) in [6.45, 7) is -0.504. The molecule has 0 aliphatic rings. The summed E-state index contributed by atoms with van der Waals surface area (Å²) in [5, 5.41) is 16.1. The summed E-state index contributed by atoms with van der Waals surface area (Å²) in [4.78, 5) is 28.5. The van der Waals surface area contributed by atoms with Crippen molar-refractivity contribution in [3.05, 3.63) is 28.6 Å². The van der Waals surface area contributed by atoms with Crippen molar-refractivity contribution in [3.8, 4) is 9.88 Å². The molecule has 1 atom stereocenters. The first-order chi connectivity index (χ1) is 10.1. The number of ether oxygens (including phenoxy) is 1. The molecular weight excluding hydrogens is 312 g/mol. The van der Waals surface area contributed by atoms with Gasteiger partial charge >= 0.3 is 5.97 Å². The predicted molar refractivity (Wildman–Crippen MR) is 80.2 cm³/mol. The number of amides is 1. The number of aromatic nitrogens is 1. The van der Waals surface area contributed by atoms with Crippen LogP contribution in [0.1, 0.15) is 5.69 Å². The van der Waals surface area contributed by atoms with Crippen molar-refractivity contribution < 1.29 is 19.4 Å². The highest BCUT2D eigenvalue weighted by atomic mass is 32.1. The summed E-state index contributed by atoms with van der Waals surface area (Å²) >= 11 is 3.05. The molecule has 0 saturated carbocycles. The van der Waals surface area contributed by atoms with Gasteiger partial charge < -0.3 is 15.2 Å². The number of rotatable bonds is 6. The van der Waals surface area contributed by atoms with Crippen LogP contribution in [-0.4, -0.2) is 41.7 Å². The molecule has 2 rings (SSSR count). The van der Waals surface area contributed by atoms with Gasteiger partial charge in [0.25, 0.3) is 0 Å². The number of esters is 1. The molecule has 8 heteroatoms. The van der Waals surface area contributed by atoms with Gasteiger partial charge in [0.05, 0.1) is 30.7 Å². The summed E-state index contributed by atoms with van der Waals surface area (Å²) in [5.41, 5.74) is 0.627. The molecule has 0 spiro atoms. The van der Waals surface area contributed by atoms with Gasteiger partial charge in [-0.05, 0) is 11.4 Å². The van der Waals surface area contributed by atoms with Gasteiger partial charge in [0.15, 0.2) is 6.04 Å². The number of carbonyl (C=O) groups excluding carboxylic acids is 2. The zero-order chi connectivity index (χ0) is 15.2. The number of carbonyl (C=O) groups is 2. The molecule has 0 radical (unpaired) electrons. The molecule has 0 bridgehead atoms. The van der Waals surface area contributed by atoms with Gasteiger partial charge in [0.1, 0.15) is 5.01 Å². The Kier molecular flexibility index (Phi) is 5.43. The van der Waals surface area contributed by atoms with E-state index in [1.165, 1.54) is 18.4 Å². The molecule has 2 aromatic rings. The van der Waals surface area contributed by atoms with Gasteiger partial charge in [-0.15, -0.1) is 22.7 Å². The topological polar surface area (TPSA) is 88.5 Å². The number of nitrogens with zero attached hydrogens (tertiary/aromatic N) is 1. The lowest BCUT2D eigenvalue weighted by molar-refractivity contribution is -0.146. The fourth-order valence-corrected chi connectivity index (χ4v) is 3.27. The highest BCUT2D eigenvalue weighted by Crippen LogP contribution is 2.27. The summed E-state index contributed by atoms with van der Waals surface area (Å²) in [6, 6.07) is 2.86. The van der Waals surface area contributed by atoms with Crippen molar-refractivity contribution in [2.75, 3.05) is 13.7 Å². The second-order valence-corrected chi connectivity index (χ2v) is 5.93. The van der Waals surface area contributed by atoms with Gasteiger partial charge in [-0.25, -0.2) is 9.78 Å². The highest BCUT2D eigenvalue weighted by Gasteiger charge is 2.21. The lowest BCUT2D eigenvalue weighted by Gasteiger charge is -2.13. The number of thiazole rings is 1. The summed E-state index contributed by atoms with van der Waals surface area (Å²) in [6.07, 6.45) is 0.0510. The molecule has 1 amide bonds. The first kappa shape index (κ1) is 15.6. The standard InChI is InChI=1S/C13H14N2O4S2/c1-19-13(18)9(6-16)15-11(17)5-8-7-21-12(14-8)10-3-2-4-20-10/h2-4,7,9,16H,5-6H2,1H3,(H,15,17). The largest absolute Gasteiger partial charge is 0.467 e. The quantitative estimate of drug-likeness (QED) is 0.775. The summed E-state index contributed by atoms with van der Waals surface area (Å²) < 4.78 is 4.48. The molecule has 0 aromatic carbocycles. The second kappa shape index (κ2) is 7.30. The zero-order valence-electron chi connectivity index (χ0n) is 11.2. The summed E-state index contributed by atoms with van der Waals surface area (Å²) in [7, 11) is 1.20. The number of aliphatic hydroxyl groups is 1. The van der Waals surface area contributed by atoms with Crippen LogP contribution in [0.25, 0.3) is 9.88 Å². The van der Waals surface area contributed by atoms with E-state index in [0.717, 1.165) is 9.88 Å². The molecule has 0 aliphatic carbocycles. The monoisotopic (exact) mass is 326 g/mol. The normalized spacial score (nSPS) is 11.9. The minimum absolute atomic E-state index is 0.0510. The Bertz CT molecular complexity index is 609. The number of thiophene rings is 1. The predicted octanol–water partition coefficient (Wildman–Crippen LogP) is 1.06. The maximum atomic E-state index is 11.8. The lowest BCUT2D eigenvalue weighted by atomic mass is 10.2. The molecule has 2 heterocycles. The van der Waals surface area contributed by atoms with Crippen LogP contribution in [0.3, 0.4) is 0 Å². The molecule has 2 aromatic heterocycles. The van der Waals surface area contributed by atoms with Crippen LogP contribution >= 0.6 is 22.7 Å². The molecule has 0 saturated heterocycles. The second-order valence-electron chi connectivity index (χ2n) is 4.12. The summed E-state index contributed by atoms with van der Waals surface area (Å²) in [5.74, 6) is -1.06. The van der Waals surface area contributed by atoms with Crippen LogP contribution in [0, 0.1) is 0 Å². The van der Waals surface area contributed by atoms with E-state index in [1.54, 1.807) is 16.7 Å². The Balaban J connectivity index is 1.95. The Labute approximate surface area is 129 Å². The van der Waals surface area contributed by atoms with Crippen LogP contribution in [-0.2, 0) is 20.7 Å². The third kappa shape index (κ3) is 4.10. The van der Waals surface area contributed by atoms with E-state index in [4.69, 9.17) is 5.11 Å². The Hall–Kier alpha value is -1.77. The maximum absolute atomic E-state index is 11.8. The first-order valence-corrected chi connectivity index (χ1v) is 7.86. The van der Waals surface area contributed by atoms with Gasteiger partial charge in [-0.3, -0.25) is 4.79 Å². The molecule has 6 nitrogen and oxygen atoms in total. The van der Waals surface area contributed by atoms with Gasteiger partial charge in [0.2, 0.25) is 5.91 Å². The molecule has 0 fully saturated rings. The number of hydrogen-bond acceptors (Lipinski definition) is 7. The molecule has 112 valence electrons. The fourth-order valence-electron chi connectivity index (χ4n) is 1.63. The molecule has 2 N–H and O–H groups in total. The van der Waals surface area contributed by atoms with E-state index >= 15 is 0 Å². The number of hydrogen-bond donors (Lipinski definition) is 2. The van der Waals surface area contributed by atoms with E-state index in [0.29, 0.717) is 5.69 Å². The number of aliphatic hydroxyl groups excluding tert-OH is 1. The minimum atomic E-state index is -1.04. The molecule has 1 unspecified atom stereocenters. The van der Waals surface area contributed by atoms with Crippen LogP contribution in [0.4, 0.5) is 0 Å². The Morgan fingerprint density at radius 1 is 1.48 bits per heavy atom. The third-order valence-electron chi connectivity index (χ3n) is 2.63. The van der Waals surface area contributed by atoms with E-state index in [-0.39, 0.29) is 12.3 Å². The Morgan fingerprint density at radius 2 is 2.29 bits per heavy atom. The van der Waals surface area contributed by atoms with Crippen LogP contribution in [0.2, 0.25) is 0 Å². The van der Waals surface area contributed by atoms with Gasteiger partial charge in [-0.2, -0.15) is 0 Å². The van der Waals surface area contributed by atoms with Crippen molar-refractivity contribution in [3.63, 3.8) is 0 Å². The van der Waals surface area contributed by atoms with Crippen molar-refractivity contribution in [2.24, 2.45) is 0 Å². The van der Waals surface area contributed by atoms with Gasteiger partial charge in [-0.1, -0.05) is 6.07 Å². The third-order valence-corrected chi connectivity index (χ3v) is 4.56. The lowest BCUT2D eigenvalue weighted by Crippen LogP contribution is -2.44. The van der Waals surface area contributed by atoms with Crippen molar-refractivity contribution in [2.45, 2.75) is 12.5 Å². The van der Waals surface area contributed by atoms with Crippen molar-refractivity contribution >= 4 is 34.6 Å². The Morgan fingerprint density at radius 3 is 2.90 bits per heavy atom. The minimum Gasteiger partial charge on any atom is -0.467 e. The van der Waals surface area contributed by atoms with Crippen molar-refractivity contribution in [1.29, 1.82) is 0 Å². The number of methoxy groups -OCH3 is 1. The molecule has 21 heavy (non-hydrogen) atoms.